The van der Waals surface area contributed by atoms with Crippen LogP contribution in [0.2, 0.25) is 0 Å². The second-order valence-electron chi connectivity index (χ2n) is 6.77. The molecule has 0 unspecified atom stereocenters. The van der Waals surface area contributed by atoms with Gasteiger partial charge in [0.15, 0.2) is 6.20 Å². The molecular formula is C18H22N3O3+. The Balaban J connectivity index is 2.41. The van der Waals surface area contributed by atoms with Crippen LogP contribution in [0.3, 0.4) is 0 Å². The Bertz CT molecular complexity index is 952. The number of aryl methyl sites for hydroxylation is 1. The number of pyridine rings is 1. The molecule has 0 aliphatic heterocycles. The normalized spacial score (nSPS) is 11.9. The average molecular weight is 328 g/mol. The van der Waals surface area contributed by atoms with E-state index in [1.54, 1.807) is 17.9 Å². The monoisotopic (exact) mass is 328 g/mol. The number of nitrogens with two attached hydrogens (primary N) is 1. The van der Waals surface area contributed by atoms with Gasteiger partial charge in [0.25, 0.3) is 0 Å². The van der Waals surface area contributed by atoms with Crippen LogP contribution in [-0.4, -0.2) is 23.4 Å². The van der Waals surface area contributed by atoms with Crippen LogP contribution in [0.4, 0.5) is 4.79 Å². The van der Waals surface area contributed by atoms with Crippen LogP contribution in [0.1, 0.15) is 26.5 Å². The van der Waals surface area contributed by atoms with E-state index >= 15 is 0 Å². The molecule has 2 heterocycles. The molecule has 0 amide bonds. The number of methoxy groups -OCH3 is 1. The number of carbonyl (C=O) groups is 1. The summed E-state index contributed by atoms with van der Waals surface area (Å²) in [6, 6.07) is 7.55. The molecule has 1 aromatic carbocycles. The third kappa shape index (κ3) is 2.54. The highest BCUT2D eigenvalue weighted by atomic mass is 16.6. The van der Waals surface area contributed by atoms with Crippen LogP contribution in [0.15, 0.2) is 30.5 Å². The Hall–Kier alpha value is -2.76. The lowest BCUT2D eigenvalue weighted by Gasteiger charge is -2.20. The molecule has 2 aromatic heterocycles. The molecule has 6 heteroatoms. The van der Waals surface area contributed by atoms with Crippen molar-refractivity contribution in [2.75, 3.05) is 13.0 Å². The summed E-state index contributed by atoms with van der Waals surface area (Å²) < 4.78 is 14.0. The topological polar surface area (TPSA) is 70.4 Å². The van der Waals surface area contributed by atoms with Gasteiger partial charge >= 0.3 is 6.09 Å². The first-order valence-corrected chi connectivity index (χ1v) is 7.75. The Morgan fingerprint density at radius 3 is 2.54 bits per heavy atom. The van der Waals surface area contributed by atoms with Crippen molar-refractivity contribution >= 4 is 27.9 Å². The maximum atomic E-state index is 12.9. The van der Waals surface area contributed by atoms with Crippen molar-refractivity contribution in [2.45, 2.75) is 33.3 Å². The zero-order valence-corrected chi connectivity index (χ0v) is 14.6. The van der Waals surface area contributed by atoms with Crippen molar-refractivity contribution in [1.29, 1.82) is 0 Å². The number of nitrogen functional groups attached to an aromatic ring is 1. The van der Waals surface area contributed by atoms with Gasteiger partial charge in [0.05, 0.1) is 12.6 Å². The summed E-state index contributed by atoms with van der Waals surface area (Å²) >= 11 is 0. The summed E-state index contributed by atoms with van der Waals surface area (Å²) in [5.41, 5.74) is 1.64. The predicted molar refractivity (Wildman–Crippen MR) is 92.7 cm³/mol. The third-order valence-electron chi connectivity index (χ3n) is 3.92. The number of ether oxygens (including phenoxy) is 2. The molecule has 0 aliphatic carbocycles. The number of benzene rings is 1. The van der Waals surface area contributed by atoms with Gasteiger partial charge in [-0.15, -0.1) is 0 Å². The minimum atomic E-state index is -0.597. The molecule has 126 valence electrons. The summed E-state index contributed by atoms with van der Waals surface area (Å²) in [5.74, 6) is 6.66. The van der Waals surface area contributed by atoms with Gasteiger partial charge in [0.2, 0.25) is 5.69 Å². The summed E-state index contributed by atoms with van der Waals surface area (Å²) in [6.07, 6.45) is 1.34. The Labute approximate surface area is 140 Å². The van der Waals surface area contributed by atoms with Crippen molar-refractivity contribution in [1.82, 2.24) is 4.57 Å². The number of fused-ring (bicyclic) bond motifs is 3. The van der Waals surface area contributed by atoms with Crippen LogP contribution in [0.25, 0.3) is 21.8 Å². The summed E-state index contributed by atoms with van der Waals surface area (Å²) in [5, 5.41) is 1.89. The number of nitrogens with zero attached hydrogens (tertiary/aromatic N) is 2. The van der Waals surface area contributed by atoms with Gasteiger partial charge in [-0.05, 0) is 32.9 Å². The highest BCUT2D eigenvalue weighted by Gasteiger charge is 2.26. The zero-order chi connectivity index (χ0) is 17.6. The maximum absolute atomic E-state index is 12.9. The maximum Gasteiger partial charge on any atom is 0.419 e. The van der Waals surface area contributed by atoms with E-state index in [1.807, 2.05) is 52.0 Å². The molecule has 3 rings (SSSR count). The van der Waals surface area contributed by atoms with Crippen LogP contribution in [-0.2, 0) is 4.74 Å². The van der Waals surface area contributed by atoms with Crippen molar-refractivity contribution in [3.05, 3.63) is 36.2 Å². The van der Waals surface area contributed by atoms with Gasteiger partial charge in [-0.25, -0.2) is 15.2 Å². The van der Waals surface area contributed by atoms with Crippen molar-refractivity contribution in [3.8, 4) is 5.75 Å². The predicted octanol–water partition coefficient (Wildman–Crippen LogP) is 2.90. The van der Waals surface area contributed by atoms with Gasteiger partial charge in [-0.3, -0.25) is 0 Å². The lowest BCUT2D eigenvalue weighted by atomic mass is 10.1. The van der Waals surface area contributed by atoms with E-state index in [9.17, 15) is 4.79 Å². The second kappa shape index (κ2) is 5.40. The minimum absolute atomic E-state index is 0.440. The first-order chi connectivity index (χ1) is 11.2. The van der Waals surface area contributed by atoms with Gasteiger partial charge in [-0.1, -0.05) is 4.68 Å². The molecule has 0 atom stereocenters. The molecule has 0 spiro atoms. The van der Waals surface area contributed by atoms with Crippen molar-refractivity contribution < 1.29 is 18.9 Å². The van der Waals surface area contributed by atoms with Gasteiger partial charge in [0.1, 0.15) is 16.9 Å². The lowest BCUT2D eigenvalue weighted by molar-refractivity contribution is -0.644. The number of rotatable bonds is 1. The van der Waals surface area contributed by atoms with Gasteiger partial charge in [0, 0.05) is 29.8 Å². The third-order valence-corrected chi connectivity index (χ3v) is 3.92. The van der Waals surface area contributed by atoms with Crippen LogP contribution in [0, 0.1) is 6.92 Å². The molecule has 0 aliphatic rings. The van der Waals surface area contributed by atoms with Crippen LogP contribution >= 0.6 is 0 Å². The van der Waals surface area contributed by atoms with E-state index in [2.05, 4.69) is 0 Å². The van der Waals surface area contributed by atoms with E-state index in [-0.39, 0.29) is 0 Å². The zero-order valence-electron chi connectivity index (χ0n) is 14.6. The first kappa shape index (κ1) is 16.1. The van der Waals surface area contributed by atoms with Gasteiger partial charge < -0.3 is 9.47 Å². The molecular weight excluding hydrogens is 306 g/mol. The standard InChI is InChI=1S/C18H22N3O3/c1-11-16-14(8-9-20(11)19)13-7-6-12(23-5)10-15(13)21(16)17(22)24-18(2,3)4/h6-10H,19H2,1-5H3/q+1. The van der Waals surface area contributed by atoms with Gasteiger partial charge in [-0.2, -0.15) is 0 Å². The molecule has 6 nitrogen and oxygen atoms in total. The Morgan fingerprint density at radius 2 is 1.92 bits per heavy atom. The summed E-state index contributed by atoms with van der Waals surface area (Å²) in [7, 11) is 1.60. The summed E-state index contributed by atoms with van der Waals surface area (Å²) in [6.45, 7) is 7.40. The number of hydrogen-bond acceptors (Lipinski definition) is 4. The number of carbonyl (C=O) groups excluding carboxylic acids is 1. The van der Waals surface area contributed by atoms with E-state index in [1.165, 1.54) is 4.68 Å². The number of hydrogen-bond donors (Lipinski definition) is 1. The molecule has 0 bridgehead atoms. The largest absolute Gasteiger partial charge is 0.497 e. The Morgan fingerprint density at radius 1 is 1.21 bits per heavy atom. The fraction of sp³-hybridized carbons (Fsp3) is 0.333. The van der Waals surface area contributed by atoms with E-state index in [0.717, 1.165) is 27.5 Å². The van der Waals surface area contributed by atoms with E-state index < -0.39 is 11.7 Å². The van der Waals surface area contributed by atoms with E-state index in [4.69, 9.17) is 15.3 Å². The molecule has 2 N–H and O–H groups in total. The number of aromatic nitrogens is 2. The SMILES string of the molecule is COc1ccc2c3cc[n+](N)c(C)c3n(C(=O)OC(C)(C)C)c2c1. The van der Waals surface area contributed by atoms with E-state index in [0.29, 0.717) is 5.75 Å². The molecule has 24 heavy (non-hydrogen) atoms. The fourth-order valence-electron chi connectivity index (χ4n) is 2.83. The minimum Gasteiger partial charge on any atom is -0.497 e. The van der Waals surface area contributed by atoms with Crippen LogP contribution in [0.5, 0.6) is 5.75 Å². The smallest absolute Gasteiger partial charge is 0.419 e. The lowest BCUT2D eigenvalue weighted by Crippen LogP contribution is -2.47. The summed E-state index contributed by atoms with van der Waals surface area (Å²) in [4.78, 5) is 12.9. The highest BCUT2D eigenvalue weighted by Crippen LogP contribution is 2.32. The van der Waals surface area contributed by atoms with Crippen molar-refractivity contribution in [3.63, 3.8) is 0 Å². The molecule has 0 radical (unpaired) electrons. The highest BCUT2D eigenvalue weighted by molar-refractivity contribution is 6.13. The van der Waals surface area contributed by atoms with Crippen molar-refractivity contribution in [2.24, 2.45) is 0 Å². The first-order valence-electron chi connectivity index (χ1n) is 7.75. The second-order valence-corrected chi connectivity index (χ2v) is 6.77. The molecule has 0 saturated heterocycles. The Kier molecular flexibility index (Phi) is 3.63. The molecule has 0 saturated carbocycles. The quantitative estimate of drug-likeness (QED) is 0.551. The molecule has 3 aromatic rings. The average Bonchev–Trinajstić information content (AvgIpc) is 2.83. The fourth-order valence-corrected chi connectivity index (χ4v) is 2.83. The van der Waals surface area contributed by atoms with Crippen LogP contribution < -0.4 is 15.3 Å². The molecule has 0 fully saturated rings.